The normalized spacial score (nSPS) is 24.1. The Balaban J connectivity index is 1.78. The molecule has 1 aromatic heterocycles. The molecule has 88 valence electrons. The largest absolute Gasteiger partial charge is 0.461 e. The third kappa shape index (κ3) is 2.99. The Morgan fingerprint density at radius 3 is 3.00 bits per heavy atom. The van der Waals surface area contributed by atoms with Gasteiger partial charge in [-0.2, -0.15) is 0 Å². The van der Waals surface area contributed by atoms with E-state index in [1.807, 2.05) is 0 Å². The van der Waals surface area contributed by atoms with E-state index in [2.05, 4.69) is 43.4 Å². The van der Waals surface area contributed by atoms with Crippen LogP contribution in [0.15, 0.2) is 22.6 Å². The Bertz CT molecular complexity index is 353. The topological polar surface area (TPSA) is 25.2 Å². The number of rotatable bonds is 6. The molecule has 1 N–H and O–H groups in total. The second kappa shape index (κ2) is 5.35. The number of hydrogen-bond acceptors (Lipinski definition) is 2. The van der Waals surface area contributed by atoms with Gasteiger partial charge in [0, 0.05) is 12.5 Å². The van der Waals surface area contributed by atoms with Crippen molar-refractivity contribution < 1.29 is 4.42 Å². The molecule has 1 heterocycles. The maximum absolute atomic E-state index is 5.77. The highest BCUT2D eigenvalue weighted by Gasteiger charge is 2.36. The highest BCUT2D eigenvalue weighted by atomic mass is 16.3. The zero-order valence-electron chi connectivity index (χ0n) is 10.2. The van der Waals surface area contributed by atoms with E-state index < -0.39 is 0 Å². The summed E-state index contributed by atoms with van der Waals surface area (Å²) in [7, 11) is 0. The molecule has 0 amide bonds. The van der Waals surface area contributed by atoms with Gasteiger partial charge in [0.15, 0.2) is 0 Å². The molecule has 2 unspecified atom stereocenters. The Morgan fingerprint density at radius 2 is 2.31 bits per heavy atom. The molecule has 0 bridgehead atoms. The minimum atomic E-state index is 0.681. The van der Waals surface area contributed by atoms with Crippen LogP contribution in [0.3, 0.4) is 0 Å². The summed E-state index contributed by atoms with van der Waals surface area (Å²) in [6, 6.07) is 4.18. The van der Waals surface area contributed by atoms with E-state index in [0.717, 1.165) is 30.5 Å². The van der Waals surface area contributed by atoms with E-state index >= 15 is 0 Å². The summed E-state index contributed by atoms with van der Waals surface area (Å²) in [4.78, 5) is 0. The maximum atomic E-state index is 5.77. The molecule has 2 nitrogen and oxygen atoms in total. The van der Waals surface area contributed by atoms with Crippen molar-refractivity contribution in [2.24, 2.45) is 5.92 Å². The Labute approximate surface area is 97.7 Å². The van der Waals surface area contributed by atoms with Gasteiger partial charge in [-0.1, -0.05) is 19.9 Å². The van der Waals surface area contributed by atoms with Gasteiger partial charge in [0.2, 0.25) is 0 Å². The first-order valence-electron chi connectivity index (χ1n) is 6.28. The van der Waals surface area contributed by atoms with Gasteiger partial charge in [-0.25, -0.2) is 0 Å². The monoisotopic (exact) mass is 219 g/mol. The maximum Gasteiger partial charge on any atom is 0.126 e. The number of hydrogen-bond donors (Lipinski definition) is 1. The van der Waals surface area contributed by atoms with Crippen molar-refractivity contribution >= 4 is 6.08 Å². The fraction of sp³-hybridized carbons (Fsp3) is 0.571. The molecule has 0 aliphatic heterocycles. The van der Waals surface area contributed by atoms with Gasteiger partial charge in [-0.05, 0) is 43.5 Å². The fourth-order valence-corrected chi connectivity index (χ4v) is 1.91. The predicted octanol–water partition coefficient (Wildman–Crippen LogP) is 3.42. The quantitative estimate of drug-likeness (QED) is 0.742. The molecular formula is C14H21NO. The van der Waals surface area contributed by atoms with Crippen LogP contribution in [-0.4, -0.2) is 13.1 Å². The van der Waals surface area contributed by atoms with Crippen molar-refractivity contribution in [3.63, 3.8) is 0 Å². The van der Waals surface area contributed by atoms with E-state index in [4.69, 9.17) is 4.42 Å². The average molecular weight is 219 g/mol. The van der Waals surface area contributed by atoms with Crippen LogP contribution in [0, 0.1) is 5.92 Å². The van der Waals surface area contributed by atoms with Crippen LogP contribution >= 0.6 is 0 Å². The first-order chi connectivity index (χ1) is 7.81. The minimum Gasteiger partial charge on any atom is -0.461 e. The third-order valence-corrected chi connectivity index (χ3v) is 3.09. The molecule has 0 radical (unpaired) electrons. The Hall–Kier alpha value is -1.02. The third-order valence-electron chi connectivity index (χ3n) is 3.09. The van der Waals surface area contributed by atoms with E-state index in [0.29, 0.717) is 5.92 Å². The van der Waals surface area contributed by atoms with Crippen LogP contribution in [0.25, 0.3) is 6.08 Å². The van der Waals surface area contributed by atoms with Gasteiger partial charge >= 0.3 is 0 Å². The van der Waals surface area contributed by atoms with Crippen molar-refractivity contribution in [2.45, 2.75) is 32.6 Å². The minimum absolute atomic E-state index is 0.681. The SMILES string of the molecule is CCCNCC=Cc1ccc(C2CC2C)o1. The second-order valence-corrected chi connectivity index (χ2v) is 4.67. The second-order valence-electron chi connectivity index (χ2n) is 4.67. The molecule has 2 rings (SSSR count). The summed E-state index contributed by atoms with van der Waals surface area (Å²) in [5.74, 6) is 3.63. The molecular weight excluding hydrogens is 198 g/mol. The van der Waals surface area contributed by atoms with Crippen molar-refractivity contribution in [1.82, 2.24) is 5.32 Å². The summed E-state index contributed by atoms with van der Waals surface area (Å²) >= 11 is 0. The lowest BCUT2D eigenvalue weighted by Crippen LogP contribution is -2.13. The molecule has 0 saturated heterocycles. The van der Waals surface area contributed by atoms with Gasteiger partial charge in [-0.3, -0.25) is 0 Å². The first-order valence-corrected chi connectivity index (χ1v) is 6.28. The summed E-state index contributed by atoms with van der Waals surface area (Å²) in [6.07, 6.45) is 6.64. The van der Waals surface area contributed by atoms with E-state index in [1.54, 1.807) is 0 Å². The molecule has 1 fully saturated rings. The smallest absolute Gasteiger partial charge is 0.126 e. The lowest BCUT2D eigenvalue weighted by molar-refractivity contribution is 0.497. The predicted molar refractivity (Wildman–Crippen MR) is 67.4 cm³/mol. The molecule has 16 heavy (non-hydrogen) atoms. The standard InChI is InChI=1S/C14H21NO/c1-3-8-15-9-4-5-12-6-7-14(16-12)13-10-11(13)2/h4-7,11,13,15H,3,8-10H2,1-2H3. The molecule has 1 aliphatic carbocycles. The van der Waals surface area contributed by atoms with Gasteiger partial charge < -0.3 is 9.73 Å². The zero-order chi connectivity index (χ0) is 11.4. The van der Waals surface area contributed by atoms with Crippen LogP contribution in [0.5, 0.6) is 0 Å². The molecule has 1 aliphatic rings. The van der Waals surface area contributed by atoms with Crippen molar-refractivity contribution in [3.05, 3.63) is 29.7 Å². The first kappa shape index (κ1) is 11.5. The van der Waals surface area contributed by atoms with E-state index in [-0.39, 0.29) is 0 Å². The van der Waals surface area contributed by atoms with Crippen LogP contribution in [0.4, 0.5) is 0 Å². The highest BCUT2D eigenvalue weighted by Crippen LogP contribution is 2.47. The van der Waals surface area contributed by atoms with E-state index in [9.17, 15) is 0 Å². The van der Waals surface area contributed by atoms with Gasteiger partial charge in [0.1, 0.15) is 11.5 Å². The fourth-order valence-electron chi connectivity index (χ4n) is 1.91. The van der Waals surface area contributed by atoms with Gasteiger partial charge in [0.05, 0.1) is 0 Å². The molecule has 2 atom stereocenters. The van der Waals surface area contributed by atoms with E-state index in [1.165, 1.54) is 12.8 Å². The lowest BCUT2D eigenvalue weighted by atomic mass is 10.3. The average Bonchev–Trinajstić information content (AvgIpc) is 2.83. The summed E-state index contributed by atoms with van der Waals surface area (Å²) in [5, 5.41) is 3.33. The number of nitrogens with one attached hydrogen (secondary N) is 1. The van der Waals surface area contributed by atoms with Crippen molar-refractivity contribution in [2.75, 3.05) is 13.1 Å². The molecule has 2 heteroatoms. The van der Waals surface area contributed by atoms with Gasteiger partial charge in [-0.15, -0.1) is 0 Å². The summed E-state index contributed by atoms with van der Waals surface area (Å²) in [6.45, 7) is 6.45. The summed E-state index contributed by atoms with van der Waals surface area (Å²) < 4.78 is 5.77. The number of furan rings is 1. The van der Waals surface area contributed by atoms with Crippen LogP contribution < -0.4 is 5.32 Å². The highest BCUT2D eigenvalue weighted by molar-refractivity contribution is 5.43. The molecule has 1 saturated carbocycles. The summed E-state index contributed by atoms with van der Waals surface area (Å²) in [5.41, 5.74) is 0. The zero-order valence-corrected chi connectivity index (χ0v) is 10.2. The lowest BCUT2D eigenvalue weighted by Gasteiger charge is -1.95. The van der Waals surface area contributed by atoms with Crippen LogP contribution in [0.1, 0.15) is 44.1 Å². The van der Waals surface area contributed by atoms with Crippen molar-refractivity contribution in [3.8, 4) is 0 Å². The molecule has 0 aromatic carbocycles. The Kier molecular flexibility index (Phi) is 3.83. The molecule has 0 spiro atoms. The molecule has 1 aromatic rings. The van der Waals surface area contributed by atoms with Crippen molar-refractivity contribution in [1.29, 1.82) is 0 Å². The van der Waals surface area contributed by atoms with Gasteiger partial charge in [0.25, 0.3) is 0 Å². The van der Waals surface area contributed by atoms with Crippen LogP contribution in [0.2, 0.25) is 0 Å². The Morgan fingerprint density at radius 1 is 1.50 bits per heavy atom. The van der Waals surface area contributed by atoms with Crippen LogP contribution in [-0.2, 0) is 0 Å².